The topological polar surface area (TPSA) is 9.23 Å². The SMILES string of the molecule is BCCc1ccc(OC)cc1. The molecular formula is C9H13BO. The lowest BCUT2D eigenvalue weighted by atomic mass is 9.97. The summed E-state index contributed by atoms with van der Waals surface area (Å²) in [6.07, 6.45) is 2.36. The Labute approximate surface area is 68.8 Å². The first-order chi connectivity index (χ1) is 5.36. The maximum Gasteiger partial charge on any atom is 0.118 e. The molecule has 11 heavy (non-hydrogen) atoms. The van der Waals surface area contributed by atoms with E-state index in [0.29, 0.717) is 0 Å². The Bertz CT molecular complexity index is 205. The van der Waals surface area contributed by atoms with E-state index in [9.17, 15) is 0 Å². The minimum Gasteiger partial charge on any atom is -0.497 e. The van der Waals surface area contributed by atoms with Crippen molar-refractivity contribution < 1.29 is 4.74 Å². The van der Waals surface area contributed by atoms with Crippen molar-refractivity contribution in [3.63, 3.8) is 0 Å². The van der Waals surface area contributed by atoms with E-state index in [4.69, 9.17) is 4.74 Å². The molecule has 0 aromatic heterocycles. The lowest BCUT2D eigenvalue weighted by Gasteiger charge is -2.00. The number of rotatable bonds is 3. The van der Waals surface area contributed by atoms with Gasteiger partial charge in [0.05, 0.1) is 7.11 Å². The fraction of sp³-hybridized carbons (Fsp3) is 0.333. The fourth-order valence-electron chi connectivity index (χ4n) is 1.08. The second kappa shape index (κ2) is 4.07. The van der Waals surface area contributed by atoms with E-state index in [1.165, 1.54) is 11.9 Å². The van der Waals surface area contributed by atoms with Crippen LogP contribution in [0.25, 0.3) is 0 Å². The van der Waals surface area contributed by atoms with Crippen LogP contribution in [0.5, 0.6) is 5.75 Å². The summed E-state index contributed by atoms with van der Waals surface area (Å²) in [6.45, 7) is 0. The Hall–Kier alpha value is -0.915. The van der Waals surface area contributed by atoms with Crippen molar-refractivity contribution >= 4 is 7.85 Å². The average Bonchev–Trinajstić information content (AvgIpc) is 2.07. The fourth-order valence-corrected chi connectivity index (χ4v) is 1.08. The minimum absolute atomic E-state index is 0.935. The van der Waals surface area contributed by atoms with E-state index in [1.807, 2.05) is 12.1 Å². The Morgan fingerprint density at radius 1 is 1.27 bits per heavy atom. The number of methoxy groups -OCH3 is 1. The van der Waals surface area contributed by atoms with Crippen LogP contribution in [0, 0.1) is 0 Å². The third kappa shape index (κ3) is 2.30. The van der Waals surface area contributed by atoms with Crippen LogP contribution in [0.3, 0.4) is 0 Å². The van der Waals surface area contributed by atoms with Crippen LogP contribution in [-0.4, -0.2) is 15.0 Å². The van der Waals surface area contributed by atoms with E-state index < -0.39 is 0 Å². The van der Waals surface area contributed by atoms with Crippen LogP contribution in [0.4, 0.5) is 0 Å². The summed E-state index contributed by atoms with van der Waals surface area (Å²) < 4.78 is 5.05. The van der Waals surface area contributed by atoms with Gasteiger partial charge in [-0.25, -0.2) is 0 Å². The predicted octanol–water partition coefficient (Wildman–Crippen LogP) is 1.29. The molecule has 0 spiro atoms. The van der Waals surface area contributed by atoms with Crippen molar-refractivity contribution in [2.45, 2.75) is 12.7 Å². The summed E-state index contributed by atoms with van der Waals surface area (Å²) in [5.41, 5.74) is 1.38. The number of hydrogen-bond acceptors (Lipinski definition) is 1. The highest BCUT2D eigenvalue weighted by Crippen LogP contribution is 2.11. The molecule has 1 aromatic rings. The Balaban J connectivity index is 2.66. The van der Waals surface area contributed by atoms with Crippen LogP contribution in [0.2, 0.25) is 6.32 Å². The molecule has 1 nitrogen and oxygen atoms in total. The van der Waals surface area contributed by atoms with E-state index >= 15 is 0 Å². The van der Waals surface area contributed by atoms with Gasteiger partial charge < -0.3 is 4.74 Å². The zero-order chi connectivity index (χ0) is 8.10. The molecule has 0 unspecified atom stereocenters. The first-order valence-electron chi connectivity index (χ1n) is 3.99. The molecule has 0 aliphatic rings. The zero-order valence-corrected chi connectivity index (χ0v) is 7.13. The summed E-state index contributed by atoms with van der Waals surface area (Å²) in [5.74, 6) is 0.935. The molecule has 1 rings (SSSR count). The normalized spacial score (nSPS) is 9.55. The van der Waals surface area contributed by atoms with E-state index in [-0.39, 0.29) is 0 Å². The highest BCUT2D eigenvalue weighted by Gasteiger charge is 1.91. The highest BCUT2D eigenvalue weighted by atomic mass is 16.5. The molecule has 0 bridgehead atoms. The van der Waals surface area contributed by atoms with Crippen LogP contribution >= 0.6 is 0 Å². The van der Waals surface area contributed by atoms with E-state index in [2.05, 4.69) is 20.0 Å². The maximum absolute atomic E-state index is 5.05. The highest BCUT2D eigenvalue weighted by molar-refractivity contribution is 6.08. The molecule has 0 fully saturated rings. The van der Waals surface area contributed by atoms with Gasteiger partial charge in [0.2, 0.25) is 0 Å². The Kier molecular flexibility index (Phi) is 3.03. The third-order valence-electron chi connectivity index (χ3n) is 1.70. The van der Waals surface area contributed by atoms with Crippen molar-refractivity contribution in [1.82, 2.24) is 0 Å². The second-order valence-corrected chi connectivity index (χ2v) is 2.60. The van der Waals surface area contributed by atoms with Gasteiger partial charge in [-0.15, -0.1) is 0 Å². The smallest absolute Gasteiger partial charge is 0.118 e. The minimum atomic E-state index is 0.935. The lowest BCUT2D eigenvalue weighted by Crippen LogP contribution is -1.85. The molecule has 0 aliphatic carbocycles. The van der Waals surface area contributed by atoms with Crippen molar-refractivity contribution in [2.24, 2.45) is 0 Å². The van der Waals surface area contributed by atoms with Crippen LogP contribution < -0.4 is 4.74 Å². The molecule has 2 heteroatoms. The van der Waals surface area contributed by atoms with E-state index in [0.717, 1.165) is 12.2 Å². The summed E-state index contributed by atoms with van der Waals surface area (Å²) in [5, 5.41) is 0. The van der Waals surface area contributed by atoms with Gasteiger partial charge in [-0.2, -0.15) is 0 Å². The van der Waals surface area contributed by atoms with Crippen molar-refractivity contribution in [2.75, 3.05) is 7.11 Å². The quantitative estimate of drug-likeness (QED) is 0.586. The largest absolute Gasteiger partial charge is 0.497 e. The van der Waals surface area contributed by atoms with Crippen LogP contribution in [0.15, 0.2) is 24.3 Å². The molecule has 0 saturated heterocycles. The van der Waals surface area contributed by atoms with Gasteiger partial charge in [-0.1, -0.05) is 18.5 Å². The molecule has 0 heterocycles. The van der Waals surface area contributed by atoms with Gasteiger partial charge >= 0.3 is 0 Å². The first-order valence-corrected chi connectivity index (χ1v) is 3.99. The molecule has 0 N–H and O–H groups in total. The number of ether oxygens (including phenoxy) is 1. The standard InChI is InChI=1S/C9H13BO/c1-11-9-4-2-8(3-5-9)6-7-10/h2-5H,6-7,10H2,1H3. The molecule has 0 amide bonds. The predicted molar refractivity (Wildman–Crippen MR) is 50.0 cm³/mol. The molecule has 0 aliphatic heterocycles. The monoisotopic (exact) mass is 148 g/mol. The molecule has 58 valence electrons. The first kappa shape index (κ1) is 8.18. The second-order valence-electron chi connectivity index (χ2n) is 2.60. The molecular weight excluding hydrogens is 135 g/mol. The summed E-state index contributed by atoms with van der Waals surface area (Å²) in [7, 11) is 3.87. The molecule has 1 aromatic carbocycles. The third-order valence-corrected chi connectivity index (χ3v) is 1.70. The molecule has 0 radical (unpaired) electrons. The Morgan fingerprint density at radius 3 is 2.36 bits per heavy atom. The Morgan fingerprint density at radius 2 is 1.91 bits per heavy atom. The molecule has 0 saturated carbocycles. The number of benzene rings is 1. The van der Waals surface area contributed by atoms with Crippen molar-refractivity contribution in [3.05, 3.63) is 29.8 Å². The molecule has 0 atom stereocenters. The summed E-state index contributed by atoms with van der Waals surface area (Å²) in [4.78, 5) is 0. The van der Waals surface area contributed by atoms with Gasteiger partial charge in [-0.3, -0.25) is 0 Å². The van der Waals surface area contributed by atoms with Gasteiger partial charge in [-0.05, 0) is 24.1 Å². The van der Waals surface area contributed by atoms with Crippen LogP contribution in [-0.2, 0) is 6.42 Å². The lowest BCUT2D eigenvalue weighted by molar-refractivity contribution is 0.414. The van der Waals surface area contributed by atoms with Gasteiger partial charge in [0, 0.05) is 0 Å². The number of aryl methyl sites for hydroxylation is 1. The summed E-state index contributed by atoms with van der Waals surface area (Å²) in [6, 6.07) is 8.24. The van der Waals surface area contributed by atoms with Gasteiger partial charge in [0.25, 0.3) is 0 Å². The van der Waals surface area contributed by atoms with E-state index in [1.54, 1.807) is 7.11 Å². The summed E-state index contributed by atoms with van der Waals surface area (Å²) >= 11 is 0. The van der Waals surface area contributed by atoms with Crippen molar-refractivity contribution in [3.8, 4) is 5.75 Å². The number of hydrogen-bond donors (Lipinski definition) is 0. The zero-order valence-electron chi connectivity index (χ0n) is 7.13. The van der Waals surface area contributed by atoms with Crippen molar-refractivity contribution in [1.29, 1.82) is 0 Å². The average molecular weight is 148 g/mol. The maximum atomic E-state index is 5.05. The van der Waals surface area contributed by atoms with Crippen LogP contribution in [0.1, 0.15) is 5.56 Å². The van der Waals surface area contributed by atoms with Gasteiger partial charge in [0.1, 0.15) is 13.6 Å². The van der Waals surface area contributed by atoms with Gasteiger partial charge in [0.15, 0.2) is 0 Å².